The Morgan fingerprint density at radius 3 is 2.91 bits per heavy atom. The van der Waals surface area contributed by atoms with Gasteiger partial charge in [0, 0.05) is 22.2 Å². The predicted molar refractivity (Wildman–Crippen MR) is 128 cm³/mol. The second-order valence-corrected chi connectivity index (χ2v) is 9.35. The molecule has 3 heterocycles. The molecule has 1 aliphatic carbocycles. The van der Waals surface area contributed by atoms with E-state index in [0.717, 1.165) is 34.5 Å². The van der Waals surface area contributed by atoms with Gasteiger partial charge in [-0.2, -0.15) is 5.10 Å². The molecule has 1 saturated carbocycles. The fourth-order valence-corrected chi connectivity index (χ4v) is 4.92. The van der Waals surface area contributed by atoms with Crippen LogP contribution in [0.3, 0.4) is 0 Å². The summed E-state index contributed by atoms with van der Waals surface area (Å²) in [7, 11) is 0. The fourth-order valence-electron chi connectivity index (χ4n) is 4.92. The smallest absolute Gasteiger partial charge is 0.113 e. The Morgan fingerprint density at radius 1 is 1.09 bits per heavy atom. The Morgan fingerprint density at radius 2 is 2.03 bits per heavy atom. The van der Waals surface area contributed by atoms with Gasteiger partial charge >= 0.3 is 0 Å². The van der Waals surface area contributed by atoms with Crippen LogP contribution in [0.25, 0.3) is 33.1 Å². The molecule has 0 atom stereocenters. The normalized spacial score (nSPS) is 14.4. The van der Waals surface area contributed by atoms with Gasteiger partial charge in [-0.15, -0.1) is 5.10 Å². The lowest BCUT2D eigenvalue weighted by Crippen LogP contribution is -2.10. The third-order valence-corrected chi connectivity index (χ3v) is 6.89. The first-order chi connectivity index (χ1) is 15.7. The molecule has 0 amide bonds. The molecule has 2 aromatic carbocycles. The Bertz CT molecular complexity index is 1380. The van der Waals surface area contributed by atoms with Crippen LogP contribution in [0, 0.1) is 12.8 Å². The highest BCUT2D eigenvalue weighted by molar-refractivity contribution is 5.93. The Labute approximate surface area is 187 Å². The molecule has 5 aromatic rings. The predicted octanol–water partition coefficient (Wildman–Crippen LogP) is 5.78. The molecule has 0 unspecified atom stereocenters. The minimum atomic E-state index is 0.694. The van der Waals surface area contributed by atoms with Crippen molar-refractivity contribution in [3.63, 3.8) is 0 Å². The SMILES string of the molecule is Cc1cc(-c2cn(Cc3ccc4cc(CCCC5CCC5)[nH]c4c3)nn2)c2cn[nH]c2c1. The van der Waals surface area contributed by atoms with E-state index in [9.17, 15) is 0 Å². The zero-order valence-electron chi connectivity index (χ0n) is 18.4. The van der Waals surface area contributed by atoms with Gasteiger partial charge in [0.1, 0.15) is 5.69 Å². The van der Waals surface area contributed by atoms with Crippen molar-refractivity contribution in [1.29, 1.82) is 0 Å². The maximum absolute atomic E-state index is 4.44. The van der Waals surface area contributed by atoms with Crippen LogP contribution in [0.15, 0.2) is 48.8 Å². The van der Waals surface area contributed by atoms with Crippen LogP contribution in [0.5, 0.6) is 0 Å². The van der Waals surface area contributed by atoms with Crippen molar-refractivity contribution < 1.29 is 0 Å². The van der Waals surface area contributed by atoms with Gasteiger partial charge < -0.3 is 4.98 Å². The maximum atomic E-state index is 4.44. The summed E-state index contributed by atoms with van der Waals surface area (Å²) in [6, 6.07) is 13.2. The number of H-pyrrole nitrogens is 2. The van der Waals surface area contributed by atoms with Crippen LogP contribution in [0.1, 0.15) is 48.9 Å². The number of hydrogen-bond donors (Lipinski definition) is 2. The van der Waals surface area contributed by atoms with E-state index in [-0.39, 0.29) is 0 Å². The molecule has 6 rings (SSSR count). The quantitative estimate of drug-likeness (QED) is 0.348. The average Bonchev–Trinajstić information content (AvgIpc) is 3.48. The molecule has 6 heteroatoms. The zero-order chi connectivity index (χ0) is 21.5. The maximum Gasteiger partial charge on any atom is 0.113 e. The number of hydrogen-bond acceptors (Lipinski definition) is 3. The summed E-state index contributed by atoms with van der Waals surface area (Å²) >= 11 is 0. The summed E-state index contributed by atoms with van der Waals surface area (Å²) < 4.78 is 1.91. The summed E-state index contributed by atoms with van der Waals surface area (Å²) in [5.41, 5.74) is 7.90. The van der Waals surface area contributed by atoms with Crippen molar-refractivity contribution in [2.45, 2.75) is 52.0 Å². The van der Waals surface area contributed by atoms with Crippen molar-refractivity contribution in [2.75, 3.05) is 0 Å². The third kappa shape index (κ3) is 3.70. The molecular weight excluding hydrogens is 396 g/mol. The van der Waals surface area contributed by atoms with Gasteiger partial charge in [0.25, 0.3) is 0 Å². The zero-order valence-corrected chi connectivity index (χ0v) is 18.4. The van der Waals surface area contributed by atoms with Gasteiger partial charge in [-0.25, -0.2) is 4.68 Å². The molecule has 162 valence electrons. The highest BCUT2D eigenvalue weighted by Gasteiger charge is 2.16. The van der Waals surface area contributed by atoms with Crippen molar-refractivity contribution in [3.8, 4) is 11.3 Å². The molecule has 0 bridgehead atoms. The first kappa shape index (κ1) is 19.3. The van der Waals surface area contributed by atoms with Crippen molar-refractivity contribution in [2.24, 2.45) is 5.92 Å². The molecule has 6 nitrogen and oxygen atoms in total. The lowest BCUT2D eigenvalue weighted by molar-refractivity contribution is 0.290. The van der Waals surface area contributed by atoms with Gasteiger partial charge in [-0.1, -0.05) is 43.0 Å². The van der Waals surface area contributed by atoms with Crippen LogP contribution in [-0.2, 0) is 13.0 Å². The number of aromatic amines is 2. The number of benzene rings is 2. The number of fused-ring (bicyclic) bond motifs is 2. The van der Waals surface area contributed by atoms with Crippen LogP contribution in [0.4, 0.5) is 0 Å². The van der Waals surface area contributed by atoms with Crippen molar-refractivity contribution >= 4 is 21.8 Å². The van der Waals surface area contributed by atoms with Gasteiger partial charge in [-0.3, -0.25) is 5.10 Å². The van der Waals surface area contributed by atoms with E-state index in [1.165, 1.54) is 59.8 Å². The van der Waals surface area contributed by atoms with Gasteiger partial charge in [-0.05, 0) is 66.5 Å². The largest absolute Gasteiger partial charge is 0.358 e. The molecular formula is C26H28N6. The summed E-state index contributed by atoms with van der Waals surface area (Å²) in [4.78, 5) is 3.63. The van der Waals surface area contributed by atoms with E-state index in [2.05, 4.69) is 68.8 Å². The second kappa shape index (κ2) is 7.93. The molecule has 0 aliphatic heterocycles. The topological polar surface area (TPSA) is 75.2 Å². The van der Waals surface area contributed by atoms with E-state index in [0.29, 0.717) is 6.54 Å². The van der Waals surface area contributed by atoms with E-state index < -0.39 is 0 Å². The molecule has 32 heavy (non-hydrogen) atoms. The second-order valence-electron chi connectivity index (χ2n) is 9.35. The standard InChI is InChI=1S/C26H28N6/c1-17-10-22(23-14-27-29-25(23)11-17)26-16-32(31-30-26)15-19-8-9-20-13-21(28-24(20)12-19)7-3-6-18-4-2-5-18/h8-14,16,18,28H,2-7,15H2,1H3,(H,27,29). The summed E-state index contributed by atoms with van der Waals surface area (Å²) in [6.07, 6.45) is 12.0. The monoisotopic (exact) mass is 424 g/mol. The van der Waals surface area contributed by atoms with Gasteiger partial charge in [0.05, 0.1) is 24.5 Å². The van der Waals surface area contributed by atoms with Crippen LogP contribution < -0.4 is 0 Å². The molecule has 1 fully saturated rings. The Hall–Kier alpha value is -3.41. The van der Waals surface area contributed by atoms with E-state index in [1.807, 2.05) is 17.1 Å². The molecule has 1 aliphatic rings. The van der Waals surface area contributed by atoms with Crippen molar-refractivity contribution in [3.05, 3.63) is 65.6 Å². The first-order valence-electron chi connectivity index (χ1n) is 11.7. The fraction of sp³-hybridized carbons (Fsp3) is 0.346. The Balaban J connectivity index is 1.19. The average molecular weight is 425 g/mol. The number of rotatable bonds is 7. The molecule has 3 aromatic heterocycles. The minimum absolute atomic E-state index is 0.694. The number of nitrogens with one attached hydrogen (secondary N) is 2. The molecule has 2 N–H and O–H groups in total. The van der Waals surface area contributed by atoms with Gasteiger partial charge in [0.15, 0.2) is 0 Å². The third-order valence-electron chi connectivity index (χ3n) is 6.89. The highest BCUT2D eigenvalue weighted by atomic mass is 15.4. The lowest BCUT2D eigenvalue weighted by Gasteiger charge is -2.24. The number of nitrogens with zero attached hydrogens (tertiary/aromatic N) is 4. The van der Waals surface area contributed by atoms with E-state index >= 15 is 0 Å². The molecule has 0 spiro atoms. The minimum Gasteiger partial charge on any atom is -0.358 e. The highest BCUT2D eigenvalue weighted by Crippen LogP contribution is 2.31. The van der Waals surface area contributed by atoms with Gasteiger partial charge in [0.2, 0.25) is 0 Å². The summed E-state index contributed by atoms with van der Waals surface area (Å²) in [6.45, 7) is 2.78. The van der Waals surface area contributed by atoms with Crippen LogP contribution >= 0.6 is 0 Å². The van der Waals surface area contributed by atoms with Crippen molar-refractivity contribution in [1.82, 2.24) is 30.2 Å². The lowest BCUT2D eigenvalue weighted by atomic mass is 9.82. The molecule has 0 saturated heterocycles. The van der Waals surface area contributed by atoms with E-state index in [4.69, 9.17) is 0 Å². The summed E-state index contributed by atoms with van der Waals surface area (Å²) in [5.74, 6) is 0.989. The Kier molecular flexibility index (Phi) is 4.78. The van der Waals surface area contributed by atoms with Crippen LogP contribution in [-0.4, -0.2) is 30.2 Å². The molecule has 0 radical (unpaired) electrons. The van der Waals surface area contributed by atoms with E-state index in [1.54, 1.807) is 0 Å². The number of aryl methyl sites for hydroxylation is 2. The number of aromatic nitrogens is 6. The van der Waals surface area contributed by atoms with Crippen LogP contribution in [0.2, 0.25) is 0 Å². The first-order valence-corrected chi connectivity index (χ1v) is 11.7. The summed E-state index contributed by atoms with van der Waals surface area (Å²) in [5, 5.41) is 18.4.